The number of carbonyl (C=O) groups is 2. The molecule has 0 spiro atoms. The van der Waals surface area contributed by atoms with E-state index in [-0.39, 0.29) is 40.6 Å². The summed E-state index contributed by atoms with van der Waals surface area (Å²) in [4.78, 5) is 38.1. The van der Waals surface area contributed by atoms with Crippen LogP contribution < -0.4 is 16.4 Å². The number of amides is 2. The first-order valence-corrected chi connectivity index (χ1v) is 12.8. The molecular formula is C24H27ClF2N8O3. The Hall–Kier alpha value is -3.74. The van der Waals surface area contributed by atoms with Gasteiger partial charge in [-0.05, 0) is 44.6 Å². The van der Waals surface area contributed by atoms with Crippen molar-refractivity contribution < 1.29 is 23.5 Å². The highest BCUT2D eigenvalue weighted by atomic mass is 35.5. The fourth-order valence-corrected chi connectivity index (χ4v) is 5.48. The Morgan fingerprint density at radius 1 is 1.13 bits per heavy atom. The standard InChI is InChI=1S/C24H27ClF2N8O3/c25-16-8-13(26)9-17(27)19(16)32-23-31-18-10-29-22(30-14-2-1-7-34(11-14)24(37)38)33-21(18)35(23)15-5-3-12(4-6-15)20(28)36/h8-10,12,14-15H,1-7,11H2,(H2,28,36)(H,31,32)(H,37,38)(H,29,30,33). The van der Waals surface area contributed by atoms with E-state index in [0.717, 1.165) is 18.6 Å². The number of nitrogens with zero attached hydrogens (tertiary/aromatic N) is 5. The Morgan fingerprint density at radius 3 is 2.58 bits per heavy atom. The number of piperidine rings is 1. The van der Waals surface area contributed by atoms with Crippen LogP contribution in [0.2, 0.25) is 5.02 Å². The SMILES string of the molecule is NC(=O)C1CCC(n2c(Nc3c(F)cc(F)cc3Cl)nc3cnc(NC4CCCN(C(=O)O)C4)nc32)CC1. The molecule has 14 heteroatoms. The van der Waals surface area contributed by atoms with Crippen LogP contribution in [0.25, 0.3) is 11.2 Å². The van der Waals surface area contributed by atoms with E-state index in [1.807, 2.05) is 4.57 Å². The average Bonchev–Trinajstić information content (AvgIpc) is 3.23. The molecule has 38 heavy (non-hydrogen) atoms. The summed E-state index contributed by atoms with van der Waals surface area (Å²) >= 11 is 6.13. The summed E-state index contributed by atoms with van der Waals surface area (Å²) in [6.07, 6.45) is 4.40. The zero-order chi connectivity index (χ0) is 27.0. The van der Waals surface area contributed by atoms with Gasteiger partial charge in [-0.3, -0.25) is 9.36 Å². The minimum Gasteiger partial charge on any atom is -0.465 e. The third-order valence-corrected chi connectivity index (χ3v) is 7.46. The van der Waals surface area contributed by atoms with Gasteiger partial charge in [-0.15, -0.1) is 0 Å². The van der Waals surface area contributed by atoms with Crippen molar-refractivity contribution in [3.8, 4) is 0 Å². The molecular weight excluding hydrogens is 522 g/mol. The Balaban J connectivity index is 1.50. The molecule has 3 aromatic rings. The van der Waals surface area contributed by atoms with Crippen molar-refractivity contribution in [2.75, 3.05) is 23.7 Å². The number of rotatable bonds is 6. The maximum atomic E-state index is 14.6. The number of carboxylic acid groups (broad SMARTS) is 1. The van der Waals surface area contributed by atoms with E-state index in [9.17, 15) is 23.5 Å². The van der Waals surface area contributed by atoms with Crippen LogP contribution in [0.5, 0.6) is 0 Å². The van der Waals surface area contributed by atoms with Crippen molar-refractivity contribution in [1.29, 1.82) is 0 Å². The number of likely N-dealkylation sites (tertiary alicyclic amines) is 1. The lowest BCUT2D eigenvalue weighted by atomic mass is 9.85. The summed E-state index contributed by atoms with van der Waals surface area (Å²) in [6, 6.07) is 1.43. The molecule has 5 N–H and O–H groups in total. The van der Waals surface area contributed by atoms with Crippen LogP contribution in [0, 0.1) is 17.6 Å². The molecule has 1 saturated heterocycles. The third-order valence-electron chi connectivity index (χ3n) is 7.17. The van der Waals surface area contributed by atoms with Crippen molar-refractivity contribution in [3.63, 3.8) is 0 Å². The molecule has 1 aliphatic carbocycles. The van der Waals surface area contributed by atoms with Crippen LogP contribution in [0.1, 0.15) is 44.6 Å². The monoisotopic (exact) mass is 548 g/mol. The average molecular weight is 549 g/mol. The van der Waals surface area contributed by atoms with E-state index < -0.39 is 17.7 Å². The molecule has 1 aromatic carbocycles. The third kappa shape index (κ3) is 5.28. The maximum Gasteiger partial charge on any atom is 0.407 e. The number of nitrogens with one attached hydrogen (secondary N) is 2. The van der Waals surface area contributed by atoms with Gasteiger partial charge in [0.25, 0.3) is 0 Å². The molecule has 5 rings (SSSR count). The molecule has 2 aliphatic rings. The number of hydrogen-bond acceptors (Lipinski definition) is 7. The molecule has 1 aliphatic heterocycles. The number of nitrogens with two attached hydrogens (primary N) is 1. The minimum absolute atomic E-state index is 0.127. The summed E-state index contributed by atoms with van der Waals surface area (Å²) in [7, 11) is 0. The lowest BCUT2D eigenvalue weighted by molar-refractivity contribution is -0.122. The molecule has 1 atom stereocenters. The Bertz CT molecular complexity index is 1360. The van der Waals surface area contributed by atoms with E-state index in [1.54, 1.807) is 0 Å². The highest BCUT2D eigenvalue weighted by Crippen LogP contribution is 2.38. The first kappa shape index (κ1) is 25.9. The van der Waals surface area contributed by atoms with Crippen LogP contribution in [0.15, 0.2) is 18.3 Å². The summed E-state index contributed by atoms with van der Waals surface area (Å²) in [6.45, 7) is 0.786. The van der Waals surface area contributed by atoms with Crippen molar-refractivity contribution >= 4 is 52.3 Å². The lowest BCUT2D eigenvalue weighted by Crippen LogP contribution is -2.44. The van der Waals surface area contributed by atoms with Gasteiger partial charge in [-0.25, -0.2) is 23.5 Å². The van der Waals surface area contributed by atoms with Crippen molar-refractivity contribution in [1.82, 2.24) is 24.4 Å². The van der Waals surface area contributed by atoms with Crippen LogP contribution >= 0.6 is 11.6 Å². The van der Waals surface area contributed by atoms with Gasteiger partial charge in [0.15, 0.2) is 11.5 Å². The number of halogens is 3. The summed E-state index contributed by atoms with van der Waals surface area (Å²) in [5, 5.41) is 15.3. The van der Waals surface area contributed by atoms with E-state index in [4.69, 9.17) is 17.3 Å². The Labute approximate surface area is 221 Å². The molecule has 1 unspecified atom stereocenters. The number of hydrogen-bond donors (Lipinski definition) is 4. The van der Waals surface area contributed by atoms with Gasteiger partial charge in [0.05, 0.1) is 16.9 Å². The Morgan fingerprint density at radius 2 is 1.89 bits per heavy atom. The van der Waals surface area contributed by atoms with Gasteiger partial charge in [-0.1, -0.05) is 11.6 Å². The van der Waals surface area contributed by atoms with E-state index in [0.29, 0.717) is 62.3 Å². The van der Waals surface area contributed by atoms with Crippen LogP contribution in [-0.4, -0.2) is 60.7 Å². The van der Waals surface area contributed by atoms with Gasteiger partial charge in [0, 0.05) is 37.2 Å². The second-order valence-electron chi connectivity index (χ2n) is 9.70. The Kier molecular flexibility index (Phi) is 7.19. The zero-order valence-electron chi connectivity index (χ0n) is 20.3. The molecule has 2 fully saturated rings. The molecule has 2 amide bonds. The fourth-order valence-electron chi connectivity index (χ4n) is 5.24. The van der Waals surface area contributed by atoms with Gasteiger partial charge in [0.2, 0.25) is 17.8 Å². The van der Waals surface area contributed by atoms with Crippen molar-refractivity contribution in [2.24, 2.45) is 11.7 Å². The highest BCUT2D eigenvalue weighted by molar-refractivity contribution is 6.33. The molecule has 0 bridgehead atoms. The first-order valence-electron chi connectivity index (χ1n) is 12.4. The molecule has 2 aromatic heterocycles. The number of anilines is 3. The second-order valence-corrected chi connectivity index (χ2v) is 10.1. The number of primary amides is 1. The van der Waals surface area contributed by atoms with Gasteiger partial charge >= 0.3 is 6.09 Å². The van der Waals surface area contributed by atoms with Gasteiger partial charge < -0.3 is 26.4 Å². The quantitative estimate of drug-likeness (QED) is 0.356. The van der Waals surface area contributed by atoms with Gasteiger partial charge in [0.1, 0.15) is 11.3 Å². The van der Waals surface area contributed by atoms with Crippen molar-refractivity contribution in [3.05, 3.63) is 35.0 Å². The molecule has 3 heterocycles. The van der Waals surface area contributed by atoms with E-state index in [1.165, 1.54) is 11.1 Å². The normalized spacial score (nSPS) is 21.9. The van der Waals surface area contributed by atoms with Crippen LogP contribution in [-0.2, 0) is 4.79 Å². The molecule has 1 saturated carbocycles. The van der Waals surface area contributed by atoms with Crippen molar-refractivity contribution in [2.45, 2.75) is 50.6 Å². The number of aromatic nitrogens is 4. The van der Waals surface area contributed by atoms with Crippen LogP contribution in [0.3, 0.4) is 0 Å². The predicted molar refractivity (Wildman–Crippen MR) is 136 cm³/mol. The maximum absolute atomic E-state index is 14.6. The molecule has 11 nitrogen and oxygen atoms in total. The van der Waals surface area contributed by atoms with Gasteiger partial charge in [-0.2, -0.15) is 4.98 Å². The number of carbonyl (C=O) groups excluding carboxylic acids is 1. The molecule has 202 valence electrons. The highest BCUT2D eigenvalue weighted by Gasteiger charge is 2.30. The second kappa shape index (κ2) is 10.6. The topological polar surface area (TPSA) is 151 Å². The number of fused-ring (bicyclic) bond motifs is 1. The van der Waals surface area contributed by atoms with E-state index >= 15 is 0 Å². The zero-order valence-corrected chi connectivity index (χ0v) is 21.1. The smallest absolute Gasteiger partial charge is 0.407 e. The summed E-state index contributed by atoms with van der Waals surface area (Å²) < 4.78 is 30.1. The number of benzene rings is 1. The molecule has 0 radical (unpaired) electrons. The fraction of sp³-hybridized carbons (Fsp3) is 0.458. The largest absolute Gasteiger partial charge is 0.465 e. The minimum atomic E-state index is -0.972. The first-order chi connectivity index (χ1) is 18.2. The lowest BCUT2D eigenvalue weighted by Gasteiger charge is -2.31. The van der Waals surface area contributed by atoms with E-state index in [2.05, 4.69) is 25.6 Å². The summed E-state index contributed by atoms with van der Waals surface area (Å²) in [5.74, 6) is -1.69. The predicted octanol–water partition coefficient (Wildman–Crippen LogP) is 4.27. The van der Waals surface area contributed by atoms with Crippen LogP contribution in [0.4, 0.5) is 31.2 Å². The number of imidazole rings is 1. The summed E-state index contributed by atoms with van der Waals surface area (Å²) in [5.41, 5.74) is 6.29.